The number of nitrogens with one attached hydrogen (secondary N) is 1. The van der Waals surface area contributed by atoms with Crippen LogP contribution in [0.15, 0.2) is 60.0 Å². The Kier molecular flexibility index (Phi) is 5.97. The van der Waals surface area contributed by atoms with Crippen molar-refractivity contribution in [3.8, 4) is 10.6 Å². The summed E-state index contributed by atoms with van der Waals surface area (Å²) < 4.78 is 21.3. The van der Waals surface area contributed by atoms with Crippen LogP contribution in [0, 0.1) is 5.82 Å². The number of aromatic nitrogens is 3. The molecule has 1 fully saturated rings. The van der Waals surface area contributed by atoms with Gasteiger partial charge in [-0.1, -0.05) is 6.58 Å². The highest BCUT2D eigenvalue weighted by Crippen LogP contribution is 2.33. The summed E-state index contributed by atoms with van der Waals surface area (Å²) in [6, 6.07) is 7.85. The number of halogens is 1. The average molecular weight is 480 g/mol. The van der Waals surface area contributed by atoms with E-state index in [0.717, 1.165) is 17.7 Å². The van der Waals surface area contributed by atoms with Crippen LogP contribution in [0.3, 0.4) is 0 Å². The number of hydrogen-bond donors (Lipinski definition) is 1. The SMILES string of the molecule is C=CC(=O)N1CCC[C@@H](n2c(NC(=O)c3ccc(-c4cnco4)s3)nc3ccc(F)cc32)CC1. The summed E-state index contributed by atoms with van der Waals surface area (Å²) in [5.74, 6) is 0.150. The molecule has 3 aromatic heterocycles. The van der Waals surface area contributed by atoms with Gasteiger partial charge in [0, 0.05) is 19.1 Å². The summed E-state index contributed by atoms with van der Waals surface area (Å²) in [4.78, 5) is 36.7. The molecule has 0 saturated carbocycles. The molecule has 2 amide bonds. The molecule has 34 heavy (non-hydrogen) atoms. The molecule has 1 atom stereocenters. The van der Waals surface area contributed by atoms with Crippen LogP contribution in [0.4, 0.5) is 10.3 Å². The van der Waals surface area contributed by atoms with Crippen molar-refractivity contribution in [3.05, 3.63) is 66.3 Å². The number of fused-ring (bicyclic) bond motifs is 1. The summed E-state index contributed by atoms with van der Waals surface area (Å²) in [6.45, 7) is 4.75. The zero-order valence-electron chi connectivity index (χ0n) is 18.2. The Labute approximate surface area is 198 Å². The van der Waals surface area contributed by atoms with E-state index in [1.54, 1.807) is 29.3 Å². The quantitative estimate of drug-likeness (QED) is 0.412. The van der Waals surface area contributed by atoms with Crippen molar-refractivity contribution < 1.29 is 18.4 Å². The van der Waals surface area contributed by atoms with Crippen LogP contribution in [0.2, 0.25) is 0 Å². The van der Waals surface area contributed by atoms with E-state index in [-0.39, 0.29) is 23.7 Å². The predicted octanol–water partition coefficient (Wildman–Crippen LogP) is 4.88. The van der Waals surface area contributed by atoms with Crippen molar-refractivity contribution in [2.75, 3.05) is 18.4 Å². The summed E-state index contributed by atoms with van der Waals surface area (Å²) in [6.07, 6.45) is 6.44. The van der Waals surface area contributed by atoms with Crippen LogP contribution in [-0.2, 0) is 4.79 Å². The number of carbonyl (C=O) groups is 2. The monoisotopic (exact) mass is 479 g/mol. The number of anilines is 1. The molecule has 1 aliphatic heterocycles. The average Bonchev–Trinajstić information content (AvgIpc) is 3.56. The number of amides is 2. The first-order chi connectivity index (χ1) is 16.5. The third kappa shape index (κ3) is 4.24. The Morgan fingerprint density at radius 1 is 1.24 bits per heavy atom. The van der Waals surface area contributed by atoms with Gasteiger partial charge in [-0.05, 0) is 55.7 Å². The maximum absolute atomic E-state index is 14.1. The number of likely N-dealkylation sites (tertiary alicyclic amines) is 1. The van der Waals surface area contributed by atoms with Crippen molar-refractivity contribution in [3.63, 3.8) is 0 Å². The van der Waals surface area contributed by atoms with Gasteiger partial charge in [0.2, 0.25) is 11.9 Å². The molecule has 1 N–H and O–H groups in total. The first-order valence-electron chi connectivity index (χ1n) is 10.9. The molecule has 8 nitrogen and oxygen atoms in total. The predicted molar refractivity (Wildman–Crippen MR) is 127 cm³/mol. The van der Waals surface area contributed by atoms with Crippen LogP contribution in [0.25, 0.3) is 21.7 Å². The number of hydrogen-bond acceptors (Lipinski definition) is 6. The first-order valence-corrected chi connectivity index (χ1v) is 11.7. The third-order valence-electron chi connectivity index (χ3n) is 5.93. The second-order valence-corrected chi connectivity index (χ2v) is 9.12. The van der Waals surface area contributed by atoms with Gasteiger partial charge in [-0.2, -0.15) is 0 Å². The molecule has 0 spiro atoms. The van der Waals surface area contributed by atoms with Gasteiger partial charge in [0.25, 0.3) is 5.91 Å². The van der Waals surface area contributed by atoms with Crippen LogP contribution in [0.1, 0.15) is 35.0 Å². The van der Waals surface area contributed by atoms with Crippen molar-refractivity contribution in [2.24, 2.45) is 0 Å². The Balaban J connectivity index is 1.45. The zero-order chi connectivity index (χ0) is 23.7. The van der Waals surface area contributed by atoms with E-state index in [1.807, 2.05) is 4.57 Å². The number of thiophene rings is 1. The fourth-order valence-electron chi connectivity index (χ4n) is 4.30. The molecule has 5 rings (SSSR count). The van der Waals surface area contributed by atoms with Gasteiger partial charge in [0.15, 0.2) is 12.2 Å². The van der Waals surface area contributed by atoms with Gasteiger partial charge in [0.1, 0.15) is 5.82 Å². The van der Waals surface area contributed by atoms with Gasteiger partial charge in [0.05, 0.1) is 27.0 Å². The Morgan fingerprint density at radius 2 is 2.12 bits per heavy atom. The molecule has 0 radical (unpaired) electrons. The summed E-state index contributed by atoms with van der Waals surface area (Å²) in [5, 5.41) is 2.92. The number of nitrogens with zero attached hydrogens (tertiary/aromatic N) is 4. The van der Waals surface area contributed by atoms with E-state index in [1.165, 1.54) is 35.9 Å². The van der Waals surface area contributed by atoms with Gasteiger partial charge >= 0.3 is 0 Å². The molecular weight excluding hydrogens is 457 g/mol. The summed E-state index contributed by atoms with van der Waals surface area (Å²) >= 11 is 1.28. The topological polar surface area (TPSA) is 93.3 Å². The molecule has 0 aliphatic carbocycles. The molecule has 10 heteroatoms. The highest BCUT2D eigenvalue weighted by atomic mass is 32.1. The van der Waals surface area contributed by atoms with Gasteiger partial charge < -0.3 is 13.9 Å². The molecular formula is C24H22FN5O3S. The van der Waals surface area contributed by atoms with E-state index >= 15 is 0 Å². The lowest BCUT2D eigenvalue weighted by molar-refractivity contribution is -0.125. The molecule has 0 unspecified atom stereocenters. The fraction of sp³-hybridized carbons (Fsp3) is 0.250. The van der Waals surface area contributed by atoms with E-state index in [0.29, 0.717) is 47.1 Å². The third-order valence-corrected chi connectivity index (χ3v) is 7.03. The van der Waals surface area contributed by atoms with Crippen LogP contribution in [-0.4, -0.2) is 44.3 Å². The molecule has 174 valence electrons. The lowest BCUT2D eigenvalue weighted by atomic mass is 10.1. The number of imidazole rings is 1. The second-order valence-electron chi connectivity index (χ2n) is 8.04. The van der Waals surface area contributed by atoms with Crippen molar-refractivity contribution in [1.82, 2.24) is 19.4 Å². The van der Waals surface area contributed by atoms with Gasteiger partial charge in [-0.25, -0.2) is 14.4 Å². The summed E-state index contributed by atoms with van der Waals surface area (Å²) in [5.41, 5.74) is 1.20. The number of benzene rings is 1. The van der Waals surface area contributed by atoms with Crippen molar-refractivity contribution in [2.45, 2.75) is 25.3 Å². The van der Waals surface area contributed by atoms with E-state index in [2.05, 4.69) is 21.9 Å². The molecule has 4 aromatic rings. The number of rotatable bonds is 5. The standard InChI is InChI=1S/C24H22FN5O3S/c1-2-22(31)29-10-3-4-16(9-11-29)30-18-12-15(25)5-6-17(18)27-24(30)28-23(32)21-8-7-20(34-21)19-13-26-14-33-19/h2,5-8,12-14,16H,1,3-4,9-11H2,(H,27,28,32)/t16-/m1/s1. The number of oxazole rings is 1. The van der Waals surface area contributed by atoms with Crippen molar-refractivity contribution in [1.29, 1.82) is 0 Å². The zero-order valence-corrected chi connectivity index (χ0v) is 19.1. The maximum Gasteiger partial charge on any atom is 0.268 e. The lowest BCUT2D eigenvalue weighted by Gasteiger charge is -2.21. The second kappa shape index (κ2) is 9.22. The van der Waals surface area contributed by atoms with Crippen molar-refractivity contribution >= 4 is 40.1 Å². The minimum Gasteiger partial charge on any atom is -0.443 e. The van der Waals surface area contributed by atoms with E-state index < -0.39 is 0 Å². The molecule has 1 saturated heterocycles. The van der Waals surface area contributed by atoms with Crippen LogP contribution < -0.4 is 5.32 Å². The van der Waals surface area contributed by atoms with Gasteiger partial charge in [-0.15, -0.1) is 11.3 Å². The largest absolute Gasteiger partial charge is 0.443 e. The maximum atomic E-state index is 14.1. The first kappa shape index (κ1) is 22.0. The molecule has 1 aromatic carbocycles. The lowest BCUT2D eigenvalue weighted by Crippen LogP contribution is -2.30. The molecule has 1 aliphatic rings. The van der Waals surface area contributed by atoms with Crippen LogP contribution >= 0.6 is 11.3 Å². The number of carbonyl (C=O) groups excluding carboxylic acids is 2. The van der Waals surface area contributed by atoms with Crippen LogP contribution in [0.5, 0.6) is 0 Å². The minimum absolute atomic E-state index is 0.0576. The normalized spacial score (nSPS) is 16.4. The highest BCUT2D eigenvalue weighted by molar-refractivity contribution is 7.17. The van der Waals surface area contributed by atoms with E-state index in [4.69, 9.17) is 4.42 Å². The Hall–Kier alpha value is -3.79. The van der Waals surface area contributed by atoms with Gasteiger partial charge in [-0.3, -0.25) is 14.9 Å². The smallest absolute Gasteiger partial charge is 0.268 e. The molecule has 4 heterocycles. The Morgan fingerprint density at radius 3 is 2.91 bits per heavy atom. The summed E-state index contributed by atoms with van der Waals surface area (Å²) in [7, 11) is 0. The minimum atomic E-state index is -0.376. The van der Waals surface area contributed by atoms with E-state index in [9.17, 15) is 14.0 Å². The molecule has 0 bridgehead atoms. The Bertz CT molecular complexity index is 1360. The highest BCUT2D eigenvalue weighted by Gasteiger charge is 2.26. The fourth-order valence-corrected chi connectivity index (χ4v) is 5.16.